The zero-order valence-electron chi connectivity index (χ0n) is 16.2. The quantitative estimate of drug-likeness (QED) is 0.259. The number of azo groups is 1. The third-order valence-electron chi connectivity index (χ3n) is 4.77. The highest BCUT2D eigenvalue weighted by Crippen LogP contribution is 2.40. The molecule has 0 amide bonds. The van der Waals surface area contributed by atoms with Gasteiger partial charge in [-0.15, -0.1) is 10.2 Å². The number of benzene rings is 4. The lowest BCUT2D eigenvalue weighted by Gasteiger charge is -2.10. The van der Waals surface area contributed by atoms with Crippen LogP contribution >= 0.6 is 0 Å². The van der Waals surface area contributed by atoms with Crippen molar-refractivity contribution in [3.63, 3.8) is 0 Å². The first-order chi connectivity index (χ1) is 14.8. The van der Waals surface area contributed by atoms with Crippen LogP contribution in [0, 0.1) is 0 Å². The number of rotatable bonds is 4. The number of carbonyl (C=O) groups excluding carboxylic acids is 1. The Morgan fingerprint density at radius 3 is 2.23 bits per heavy atom. The molecular weight excluding hydrogens is 420 g/mol. The van der Waals surface area contributed by atoms with Crippen molar-refractivity contribution in [2.45, 2.75) is 4.90 Å². The Morgan fingerprint density at radius 1 is 0.903 bits per heavy atom. The molecule has 0 aromatic heterocycles. The van der Waals surface area contributed by atoms with Gasteiger partial charge in [-0.1, -0.05) is 54.6 Å². The molecule has 0 saturated heterocycles. The molecule has 0 aliphatic carbocycles. The lowest BCUT2D eigenvalue weighted by Crippen LogP contribution is -2.01. The lowest BCUT2D eigenvalue weighted by atomic mass is 10.0. The first-order valence-corrected chi connectivity index (χ1v) is 10.5. The minimum absolute atomic E-state index is 0.0343. The number of methoxy groups -OCH3 is 1. The SMILES string of the molecule is COC(=O)c1cc2ccccc2c(/N=N/c2ccc3ccccc3c2S(=O)(=O)O)c1O. The van der Waals surface area contributed by atoms with Gasteiger partial charge in [0.05, 0.1) is 7.11 Å². The molecule has 156 valence electrons. The van der Waals surface area contributed by atoms with Gasteiger partial charge in [0.2, 0.25) is 0 Å². The maximum absolute atomic E-state index is 12.1. The average Bonchev–Trinajstić information content (AvgIpc) is 2.76. The molecular formula is C22H16N2O6S. The number of carbonyl (C=O) groups is 1. The normalized spacial score (nSPS) is 11.9. The Labute approximate surface area is 177 Å². The minimum atomic E-state index is -4.63. The third-order valence-corrected chi connectivity index (χ3v) is 5.72. The summed E-state index contributed by atoms with van der Waals surface area (Å²) in [5.41, 5.74) is -0.259. The predicted octanol–water partition coefficient (Wildman–Crippen LogP) is 5.15. The molecule has 0 saturated carbocycles. The van der Waals surface area contributed by atoms with Gasteiger partial charge in [0.25, 0.3) is 10.1 Å². The fourth-order valence-electron chi connectivity index (χ4n) is 3.37. The molecule has 0 fully saturated rings. The Bertz CT molecular complexity index is 1480. The summed E-state index contributed by atoms with van der Waals surface area (Å²) < 4.78 is 38.7. The van der Waals surface area contributed by atoms with E-state index in [0.29, 0.717) is 16.2 Å². The molecule has 0 spiro atoms. The molecule has 0 radical (unpaired) electrons. The molecule has 9 heteroatoms. The standard InChI is InChI=1S/C22H16N2O6S/c1-30-22(26)17-12-14-7-3-4-8-15(14)19(20(17)25)24-23-18-11-10-13-6-2-5-9-16(13)21(18)31(27,28)29/h2-12,25H,1H3,(H,27,28,29)/b24-23+. The second-order valence-electron chi connectivity index (χ2n) is 6.64. The number of aromatic hydroxyl groups is 1. The van der Waals surface area contributed by atoms with E-state index in [2.05, 4.69) is 10.2 Å². The number of fused-ring (bicyclic) bond motifs is 2. The zero-order valence-corrected chi connectivity index (χ0v) is 17.0. The second-order valence-corrected chi connectivity index (χ2v) is 8.00. The van der Waals surface area contributed by atoms with Gasteiger partial charge < -0.3 is 9.84 Å². The maximum Gasteiger partial charge on any atom is 0.341 e. The van der Waals surface area contributed by atoms with Crippen LogP contribution in [0.5, 0.6) is 5.75 Å². The molecule has 4 aromatic carbocycles. The van der Waals surface area contributed by atoms with Gasteiger partial charge in [0, 0.05) is 10.8 Å². The number of phenols is 1. The second kappa shape index (κ2) is 7.78. The predicted molar refractivity (Wildman–Crippen MR) is 115 cm³/mol. The molecule has 0 aliphatic heterocycles. The number of ether oxygens (including phenoxy) is 1. The van der Waals surface area contributed by atoms with Crippen molar-refractivity contribution in [2.75, 3.05) is 7.11 Å². The van der Waals surface area contributed by atoms with E-state index in [1.165, 1.54) is 19.2 Å². The van der Waals surface area contributed by atoms with Crippen LogP contribution in [0.3, 0.4) is 0 Å². The van der Waals surface area contributed by atoms with E-state index in [0.717, 1.165) is 0 Å². The molecule has 0 aliphatic rings. The fourth-order valence-corrected chi connectivity index (χ4v) is 4.21. The van der Waals surface area contributed by atoms with Gasteiger partial charge in [0.15, 0.2) is 5.75 Å². The van der Waals surface area contributed by atoms with Crippen molar-refractivity contribution in [3.8, 4) is 5.75 Å². The lowest BCUT2D eigenvalue weighted by molar-refractivity contribution is 0.0597. The molecule has 0 heterocycles. The summed E-state index contributed by atoms with van der Waals surface area (Å²) in [6, 6.07) is 18.0. The first kappa shape index (κ1) is 20.5. The Balaban J connectivity index is 1.97. The van der Waals surface area contributed by atoms with Crippen molar-refractivity contribution in [1.29, 1.82) is 0 Å². The summed E-state index contributed by atoms with van der Waals surface area (Å²) in [7, 11) is -3.45. The minimum Gasteiger partial charge on any atom is -0.505 e. The number of hydrogen-bond donors (Lipinski definition) is 2. The number of hydrogen-bond acceptors (Lipinski definition) is 7. The summed E-state index contributed by atoms with van der Waals surface area (Å²) in [6.07, 6.45) is 0. The summed E-state index contributed by atoms with van der Waals surface area (Å²) in [5.74, 6) is -1.22. The van der Waals surface area contributed by atoms with E-state index in [9.17, 15) is 22.9 Å². The van der Waals surface area contributed by atoms with Gasteiger partial charge in [-0.25, -0.2) is 4.79 Å². The smallest absolute Gasteiger partial charge is 0.341 e. The molecule has 4 aromatic rings. The number of nitrogens with zero attached hydrogens (tertiary/aromatic N) is 2. The summed E-state index contributed by atoms with van der Waals surface area (Å²) in [5, 5.41) is 20.7. The van der Waals surface area contributed by atoms with E-state index >= 15 is 0 Å². The van der Waals surface area contributed by atoms with Crippen LogP contribution in [0.15, 0.2) is 81.9 Å². The van der Waals surface area contributed by atoms with E-state index in [1.807, 2.05) is 0 Å². The molecule has 2 N–H and O–H groups in total. The van der Waals surface area contributed by atoms with Gasteiger partial charge >= 0.3 is 5.97 Å². The van der Waals surface area contributed by atoms with Crippen LogP contribution in [0.2, 0.25) is 0 Å². The Morgan fingerprint density at radius 2 is 1.55 bits per heavy atom. The monoisotopic (exact) mass is 436 g/mol. The van der Waals surface area contributed by atoms with Gasteiger partial charge in [-0.2, -0.15) is 8.42 Å². The molecule has 8 nitrogen and oxygen atoms in total. The van der Waals surface area contributed by atoms with E-state index in [-0.39, 0.29) is 22.3 Å². The van der Waals surface area contributed by atoms with Crippen LogP contribution in [-0.2, 0) is 14.9 Å². The summed E-state index contributed by atoms with van der Waals surface area (Å²) in [4.78, 5) is 11.7. The van der Waals surface area contributed by atoms with Gasteiger partial charge in [0.1, 0.15) is 21.8 Å². The topological polar surface area (TPSA) is 126 Å². The molecule has 0 bridgehead atoms. The van der Waals surface area contributed by atoms with Crippen LogP contribution in [0.4, 0.5) is 11.4 Å². The molecule has 0 unspecified atom stereocenters. The fraction of sp³-hybridized carbons (Fsp3) is 0.0455. The van der Waals surface area contributed by atoms with Crippen molar-refractivity contribution >= 4 is 49.0 Å². The van der Waals surface area contributed by atoms with Crippen LogP contribution in [0.1, 0.15) is 10.4 Å². The Hall–Kier alpha value is -3.82. The van der Waals surface area contributed by atoms with Crippen molar-refractivity contribution in [1.82, 2.24) is 0 Å². The number of esters is 1. The summed E-state index contributed by atoms with van der Waals surface area (Å²) in [6.45, 7) is 0. The highest BCUT2D eigenvalue weighted by atomic mass is 32.2. The highest BCUT2D eigenvalue weighted by molar-refractivity contribution is 7.86. The third kappa shape index (κ3) is 3.72. The molecule has 4 rings (SSSR count). The largest absolute Gasteiger partial charge is 0.505 e. The van der Waals surface area contributed by atoms with E-state index in [1.54, 1.807) is 54.6 Å². The Kier molecular flexibility index (Phi) is 5.14. The highest BCUT2D eigenvalue weighted by Gasteiger charge is 2.21. The first-order valence-electron chi connectivity index (χ1n) is 9.05. The van der Waals surface area contributed by atoms with E-state index in [4.69, 9.17) is 4.74 Å². The van der Waals surface area contributed by atoms with Crippen molar-refractivity contribution < 1.29 is 27.6 Å². The van der Waals surface area contributed by atoms with Crippen molar-refractivity contribution in [2.24, 2.45) is 10.2 Å². The van der Waals surface area contributed by atoms with E-state index < -0.39 is 26.7 Å². The van der Waals surface area contributed by atoms with Crippen molar-refractivity contribution in [3.05, 3.63) is 72.3 Å². The van der Waals surface area contributed by atoms with Gasteiger partial charge in [-0.3, -0.25) is 4.55 Å². The van der Waals surface area contributed by atoms with Gasteiger partial charge in [-0.05, 0) is 22.9 Å². The maximum atomic E-state index is 12.1. The van der Waals surface area contributed by atoms with Crippen LogP contribution in [-0.4, -0.2) is 31.2 Å². The zero-order chi connectivity index (χ0) is 22.2. The average molecular weight is 436 g/mol. The molecule has 31 heavy (non-hydrogen) atoms. The summed E-state index contributed by atoms with van der Waals surface area (Å²) >= 11 is 0. The number of phenolic OH excluding ortho intramolecular Hbond substituents is 1. The van der Waals surface area contributed by atoms with Crippen LogP contribution < -0.4 is 0 Å². The van der Waals surface area contributed by atoms with Crippen LogP contribution in [0.25, 0.3) is 21.5 Å². The molecule has 0 atom stereocenters.